The van der Waals surface area contributed by atoms with Gasteiger partial charge < -0.3 is 4.90 Å². The zero-order chi connectivity index (χ0) is 15.2. The van der Waals surface area contributed by atoms with E-state index in [0.717, 1.165) is 10.6 Å². The lowest BCUT2D eigenvalue weighted by atomic mass is 10.3. The predicted molar refractivity (Wildman–Crippen MR) is 81.2 cm³/mol. The first-order valence-electron chi connectivity index (χ1n) is 6.37. The minimum Gasteiger partial charge on any atom is -0.327 e. The molecular formula is C14H15N5OS. The second-order valence-electron chi connectivity index (χ2n) is 4.51. The van der Waals surface area contributed by atoms with Crippen LogP contribution in [0.25, 0.3) is 0 Å². The topological polar surface area (TPSA) is 81.9 Å². The van der Waals surface area contributed by atoms with Gasteiger partial charge in [-0.2, -0.15) is 5.26 Å². The van der Waals surface area contributed by atoms with Crippen LogP contribution in [0.15, 0.2) is 24.7 Å². The maximum absolute atomic E-state index is 12.1. The highest BCUT2D eigenvalue weighted by atomic mass is 32.1. The maximum atomic E-state index is 12.1. The van der Waals surface area contributed by atoms with Crippen molar-refractivity contribution in [2.45, 2.75) is 13.3 Å². The number of rotatable bonds is 4. The molecule has 0 aliphatic carbocycles. The van der Waals surface area contributed by atoms with E-state index in [1.165, 1.54) is 11.3 Å². The smallest absolute Gasteiger partial charge is 0.322 e. The quantitative estimate of drug-likeness (QED) is 0.940. The number of thiophene rings is 1. The Morgan fingerprint density at radius 2 is 2.33 bits per heavy atom. The first-order valence-corrected chi connectivity index (χ1v) is 7.19. The van der Waals surface area contributed by atoms with Crippen LogP contribution in [0, 0.1) is 18.3 Å². The summed E-state index contributed by atoms with van der Waals surface area (Å²) in [4.78, 5) is 22.8. The number of nitriles is 1. The van der Waals surface area contributed by atoms with Gasteiger partial charge in [0.2, 0.25) is 0 Å². The standard InChI is InChI=1S/C14H15N5OS/c1-10-7-11(8-15)13(21-10)18-14(20)19(2)6-3-12-9-16-4-5-17-12/h4-5,7,9H,3,6H2,1-2H3,(H,18,20). The van der Waals surface area contributed by atoms with Gasteiger partial charge in [0.05, 0.1) is 11.3 Å². The largest absolute Gasteiger partial charge is 0.327 e. The van der Waals surface area contributed by atoms with Gasteiger partial charge in [0.15, 0.2) is 0 Å². The third-order valence-electron chi connectivity index (χ3n) is 2.86. The number of likely N-dealkylation sites (N-methyl/N-ethyl adjacent to an activating group) is 1. The van der Waals surface area contributed by atoms with E-state index in [1.807, 2.05) is 6.92 Å². The second kappa shape index (κ2) is 6.81. The summed E-state index contributed by atoms with van der Waals surface area (Å²) in [6.07, 6.45) is 5.56. The Kier molecular flexibility index (Phi) is 4.85. The Bertz CT molecular complexity index is 662. The molecule has 6 nitrogen and oxygen atoms in total. The number of nitrogens with one attached hydrogen (secondary N) is 1. The van der Waals surface area contributed by atoms with Crippen LogP contribution in [0.2, 0.25) is 0 Å². The molecule has 7 heteroatoms. The SMILES string of the molecule is Cc1cc(C#N)c(NC(=O)N(C)CCc2cnccn2)s1. The molecule has 0 saturated heterocycles. The van der Waals surface area contributed by atoms with Gasteiger partial charge in [-0.05, 0) is 13.0 Å². The number of carbonyl (C=O) groups excluding carboxylic acids is 1. The highest BCUT2D eigenvalue weighted by Gasteiger charge is 2.13. The van der Waals surface area contributed by atoms with Crippen LogP contribution in [0.3, 0.4) is 0 Å². The maximum Gasteiger partial charge on any atom is 0.322 e. The molecule has 2 rings (SSSR count). The van der Waals surface area contributed by atoms with Gasteiger partial charge in [-0.3, -0.25) is 15.3 Å². The van der Waals surface area contributed by atoms with E-state index in [-0.39, 0.29) is 6.03 Å². The Balaban J connectivity index is 1.92. The summed E-state index contributed by atoms with van der Waals surface area (Å²) in [6, 6.07) is 3.60. The number of aryl methyl sites for hydroxylation is 1. The molecule has 2 heterocycles. The van der Waals surface area contributed by atoms with Crippen LogP contribution in [-0.2, 0) is 6.42 Å². The molecule has 21 heavy (non-hydrogen) atoms. The molecule has 0 atom stereocenters. The van der Waals surface area contributed by atoms with Gasteiger partial charge in [0.1, 0.15) is 11.1 Å². The number of urea groups is 1. The highest BCUT2D eigenvalue weighted by Crippen LogP contribution is 2.26. The molecular weight excluding hydrogens is 286 g/mol. The number of carbonyl (C=O) groups is 1. The summed E-state index contributed by atoms with van der Waals surface area (Å²) in [7, 11) is 1.71. The van der Waals surface area contributed by atoms with E-state index in [4.69, 9.17) is 5.26 Å². The van der Waals surface area contributed by atoms with Gasteiger partial charge >= 0.3 is 6.03 Å². The van der Waals surface area contributed by atoms with Gasteiger partial charge in [0, 0.05) is 43.5 Å². The number of amides is 2. The van der Waals surface area contributed by atoms with Crippen molar-refractivity contribution in [3.8, 4) is 6.07 Å². The average molecular weight is 301 g/mol. The van der Waals surface area contributed by atoms with Crippen molar-refractivity contribution in [1.29, 1.82) is 5.26 Å². The summed E-state index contributed by atoms with van der Waals surface area (Å²) in [5, 5.41) is 12.4. The molecule has 2 aromatic heterocycles. The molecule has 2 aromatic rings. The van der Waals surface area contributed by atoms with Crippen LogP contribution < -0.4 is 5.32 Å². The van der Waals surface area contributed by atoms with Crippen LogP contribution in [0.1, 0.15) is 16.1 Å². The molecule has 0 aliphatic heterocycles. The van der Waals surface area contributed by atoms with Crippen LogP contribution in [0.4, 0.5) is 9.80 Å². The molecule has 0 aliphatic rings. The van der Waals surface area contributed by atoms with E-state index in [1.54, 1.807) is 36.6 Å². The van der Waals surface area contributed by atoms with Crippen LogP contribution in [0.5, 0.6) is 0 Å². The molecule has 0 radical (unpaired) electrons. The van der Waals surface area contributed by atoms with E-state index in [2.05, 4.69) is 21.4 Å². The molecule has 0 aromatic carbocycles. The molecule has 2 amide bonds. The molecule has 0 saturated carbocycles. The normalized spacial score (nSPS) is 9.95. The summed E-state index contributed by atoms with van der Waals surface area (Å²) in [5.74, 6) is 0. The first-order chi connectivity index (χ1) is 10.1. The van der Waals surface area contributed by atoms with E-state index < -0.39 is 0 Å². The van der Waals surface area contributed by atoms with Crippen molar-refractivity contribution in [1.82, 2.24) is 14.9 Å². The average Bonchev–Trinajstić information content (AvgIpc) is 2.85. The molecule has 0 unspecified atom stereocenters. The minimum atomic E-state index is -0.239. The van der Waals surface area contributed by atoms with Crippen molar-refractivity contribution < 1.29 is 4.79 Å². The summed E-state index contributed by atoms with van der Waals surface area (Å²) in [5.41, 5.74) is 1.33. The number of anilines is 1. The Hall–Kier alpha value is -2.46. The fourth-order valence-electron chi connectivity index (χ4n) is 1.73. The van der Waals surface area contributed by atoms with Crippen molar-refractivity contribution in [2.24, 2.45) is 0 Å². The predicted octanol–water partition coefficient (Wildman–Crippen LogP) is 2.42. The third-order valence-corrected chi connectivity index (χ3v) is 3.83. The Morgan fingerprint density at radius 1 is 1.52 bits per heavy atom. The van der Waals surface area contributed by atoms with E-state index >= 15 is 0 Å². The van der Waals surface area contributed by atoms with E-state index in [9.17, 15) is 4.79 Å². The summed E-state index contributed by atoms with van der Waals surface area (Å²) < 4.78 is 0. The van der Waals surface area contributed by atoms with E-state index in [0.29, 0.717) is 23.5 Å². The molecule has 0 fully saturated rings. The fraction of sp³-hybridized carbons (Fsp3) is 0.286. The van der Waals surface area contributed by atoms with Crippen LogP contribution >= 0.6 is 11.3 Å². The monoisotopic (exact) mass is 301 g/mol. The lowest BCUT2D eigenvalue weighted by molar-refractivity contribution is 0.223. The zero-order valence-corrected chi connectivity index (χ0v) is 12.6. The molecule has 0 bridgehead atoms. The first kappa shape index (κ1) is 14.9. The minimum absolute atomic E-state index is 0.239. The molecule has 1 N–H and O–H groups in total. The highest BCUT2D eigenvalue weighted by molar-refractivity contribution is 7.16. The number of hydrogen-bond acceptors (Lipinski definition) is 5. The van der Waals surface area contributed by atoms with Crippen molar-refractivity contribution in [2.75, 3.05) is 18.9 Å². The summed E-state index contributed by atoms with van der Waals surface area (Å²) >= 11 is 1.40. The molecule has 0 spiro atoms. The van der Waals surface area contributed by atoms with Gasteiger partial charge in [-0.25, -0.2) is 4.79 Å². The Labute approximate surface area is 127 Å². The lowest BCUT2D eigenvalue weighted by Gasteiger charge is -2.17. The second-order valence-corrected chi connectivity index (χ2v) is 5.77. The molecule has 108 valence electrons. The third kappa shape index (κ3) is 4.00. The van der Waals surface area contributed by atoms with Crippen molar-refractivity contribution in [3.05, 3.63) is 40.8 Å². The van der Waals surface area contributed by atoms with Gasteiger partial charge in [-0.1, -0.05) is 0 Å². The zero-order valence-electron chi connectivity index (χ0n) is 11.8. The van der Waals surface area contributed by atoms with Gasteiger partial charge in [-0.15, -0.1) is 11.3 Å². The van der Waals surface area contributed by atoms with Gasteiger partial charge in [0.25, 0.3) is 0 Å². The van der Waals surface area contributed by atoms with Crippen molar-refractivity contribution in [3.63, 3.8) is 0 Å². The number of hydrogen-bond donors (Lipinski definition) is 1. The lowest BCUT2D eigenvalue weighted by Crippen LogP contribution is -2.33. The van der Waals surface area contributed by atoms with Crippen LogP contribution in [-0.4, -0.2) is 34.5 Å². The Morgan fingerprint density at radius 3 is 3.00 bits per heavy atom. The number of nitrogens with zero attached hydrogens (tertiary/aromatic N) is 4. The number of aromatic nitrogens is 2. The summed E-state index contributed by atoms with van der Waals surface area (Å²) in [6.45, 7) is 2.43. The van der Waals surface area contributed by atoms with Crippen molar-refractivity contribution >= 4 is 22.4 Å². The fourth-order valence-corrected chi connectivity index (χ4v) is 2.58.